The second-order valence-corrected chi connectivity index (χ2v) is 10.7. The molecule has 1 unspecified atom stereocenters. The van der Waals surface area contributed by atoms with Gasteiger partial charge in [-0.25, -0.2) is 30.7 Å². The molecule has 0 saturated heterocycles. The molecule has 10 nitrogen and oxygen atoms in total. The highest BCUT2D eigenvalue weighted by Gasteiger charge is 2.36. The van der Waals surface area contributed by atoms with E-state index in [2.05, 4.69) is 10.0 Å². The average molecular weight is 494 g/mol. The van der Waals surface area contributed by atoms with Crippen LogP contribution in [0.2, 0.25) is 5.02 Å². The van der Waals surface area contributed by atoms with Gasteiger partial charge in [-0.3, -0.25) is 9.62 Å². The number of fused-ring (bicyclic) bond motifs is 1. The van der Waals surface area contributed by atoms with Gasteiger partial charge in [0.05, 0.1) is 28.4 Å². The molecule has 1 aliphatic rings. The van der Waals surface area contributed by atoms with Gasteiger partial charge in [-0.1, -0.05) is 11.6 Å². The number of hydrogen-bond donors (Lipinski definition) is 3. The summed E-state index contributed by atoms with van der Waals surface area (Å²) in [7, 11) is -7.85. The quantitative estimate of drug-likeness (QED) is 0.559. The van der Waals surface area contributed by atoms with Gasteiger partial charge < -0.3 is 9.84 Å². The van der Waals surface area contributed by atoms with Crippen LogP contribution in [0.3, 0.4) is 0 Å². The minimum atomic E-state index is -4.27. The molecular weight excluding hydrogens is 477 g/mol. The van der Waals surface area contributed by atoms with Gasteiger partial charge in [0.1, 0.15) is 11.9 Å². The summed E-state index contributed by atoms with van der Waals surface area (Å²) in [4.78, 5) is 10.8. The van der Waals surface area contributed by atoms with Crippen molar-refractivity contribution in [1.29, 1.82) is 0 Å². The van der Waals surface area contributed by atoms with Crippen LogP contribution in [-0.4, -0.2) is 53.5 Å². The van der Waals surface area contributed by atoms with Crippen LogP contribution in [-0.2, 0) is 20.0 Å². The molecule has 0 saturated carbocycles. The molecule has 0 aliphatic carbocycles. The topological polar surface area (TPSA) is 142 Å². The van der Waals surface area contributed by atoms with Gasteiger partial charge in [-0.2, -0.15) is 0 Å². The monoisotopic (exact) mass is 493 g/mol. The van der Waals surface area contributed by atoms with Crippen LogP contribution < -0.4 is 19.1 Å². The molecule has 31 heavy (non-hydrogen) atoms. The fourth-order valence-electron chi connectivity index (χ4n) is 2.88. The number of nitrogens with zero attached hydrogens (tertiary/aromatic N) is 1. The Morgan fingerprint density at radius 1 is 1.26 bits per heavy atom. The van der Waals surface area contributed by atoms with Crippen molar-refractivity contribution < 1.29 is 35.9 Å². The lowest BCUT2D eigenvalue weighted by molar-refractivity contribution is 0.203. The molecule has 0 spiro atoms. The molecule has 0 aromatic heterocycles. The Hall–Kier alpha value is -2.61. The highest BCUT2D eigenvalue weighted by molar-refractivity contribution is 7.92. The van der Waals surface area contributed by atoms with Gasteiger partial charge >= 0.3 is 6.09 Å². The van der Waals surface area contributed by atoms with Crippen molar-refractivity contribution in [3.8, 4) is 5.75 Å². The lowest BCUT2D eigenvalue weighted by atomic mass is 10.2. The number of amides is 1. The molecule has 2 aromatic rings. The van der Waals surface area contributed by atoms with E-state index in [0.29, 0.717) is 0 Å². The van der Waals surface area contributed by atoms with E-state index in [-0.39, 0.29) is 40.1 Å². The number of ether oxygens (including phenoxy) is 1. The summed E-state index contributed by atoms with van der Waals surface area (Å²) < 4.78 is 71.6. The molecule has 0 radical (unpaired) electrons. The third-order valence-electron chi connectivity index (χ3n) is 4.17. The number of nitrogens with one attached hydrogen (secondary N) is 2. The predicted molar refractivity (Wildman–Crippen MR) is 111 cm³/mol. The van der Waals surface area contributed by atoms with Crippen LogP contribution in [0.5, 0.6) is 5.75 Å². The molecule has 3 N–H and O–H groups in total. The minimum absolute atomic E-state index is 0.00753. The number of hydrogen-bond acceptors (Lipinski definition) is 6. The van der Waals surface area contributed by atoms with Crippen LogP contribution >= 0.6 is 11.6 Å². The standard InChI is InChI=1S/C17H17ClFN3O7S2/c1-30(25,26)20-8-12-9-22(31(27,28)13-4-2-10(19)3-5-13)15-7-11(21-17(23)24)6-14(18)16(15)29-12/h2-7,12,20-21H,8-9H2,1H3,(H,23,24). The van der Waals surface area contributed by atoms with E-state index in [1.54, 1.807) is 0 Å². The Labute approximate surface area is 182 Å². The Morgan fingerprint density at radius 3 is 2.48 bits per heavy atom. The first-order valence-corrected chi connectivity index (χ1v) is 12.3. The fourth-order valence-corrected chi connectivity index (χ4v) is 5.11. The van der Waals surface area contributed by atoms with Crippen molar-refractivity contribution in [1.82, 2.24) is 4.72 Å². The Kier molecular flexibility index (Phi) is 6.32. The zero-order chi connectivity index (χ0) is 23.0. The van der Waals surface area contributed by atoms with Gasteiger partial charge in [0.25, 0.3) is 10.0 Å². The third kappa shape index (κ3) is 5.36. The first-order valence-electron chi connectivity index (χ1n) is 8.60. The first-order chi connectivity index (χ1) is 14.4. The Morgan fingerprint density at radius 2 is 1.90 bits per heavy atom. The van der Waals surface area contributed by atoms with Crippen LogP contribution in [0.1, 0.15) is 0 Å². The summed E-state index contributed by atoms with van der Waals surface area (Å²) >= 11 is 6.20. The maximum atomic E-state index is 13.3. The van der Waals surface area contributed by atoms with Crippen molar-refractivity contribution in [3.05, 3.63) is 47.2 Å². The van der Waals surface area contributed by atoms with E-state index in [1.165, 1.54) is 12.1 Å². The number of sulfonamides is 2. The highest BCUT2D eigenvalue weighted by atomic mass is 35.5. The van der Waals surface area contributed by atoms with Crippen molar-refractivity contribution in [2.45, 2.75) is 11.0 Å². The van der Waals surface area contributed by atoms with Crippen LogP contribution in [0, 0.1) is 5.82 Å². The van der Waals surface area contributed by atoms with Gasteiger partial charge in [0.15, 0.2) is 5.75 Å². The highest BCUT2D eigenvalue weighted by Crippen LogP contribution is 2.44. The maximum absolute atomic E-state index is 13.3. The van der Waals surface area contributed by atoms with Gasteiger partial charge in [0.2, 0.25) is 10.0 Å². The molecule has 1 heterocycles. The van der Waals surface area contributed by atoms with Crippen LogP contribution in [0.15, 0.2) is 41.3 Å². The van der Waals surface area contributed by atoms with Crippen molar-refractivity contribution >= 4 is 49.1 Å². The molecule has 0 fully saturated rings. The normalized spacial score (nSPS) is 16.4. The number of rotatable bonds is 6. The fraction of sp³-hybridized carbons (Fsp3) is 0.235. The molecule has 168 valence electrons. The minimum Gasteiger partial charge on any atom is -0.483 e. The van der Waals surface area contributed by atoms with Crippen molar-refractivity contribution in [2.24, 2.45) is 0 Å². The number of halogens is 2. The summed E-state index contributed by atoms with van der Waals surface area (Å²) in [6.07, 6.45) is -1.41. The summed E-state index contributed by atoms with van der Waals surface area (Å²) in [5.41, 5.74) is -0.0666. The SMILES string of the molecule is CS(=O)(=O)NCC1CN(S(=O)(=O)c2ccc(F)cc2)c2cc(NC(=O)O)cc(Cl)c2O1. The van der Waals surface area contributed by atoms with Crippen molar-refractivity contribution in [2.75, 3.05) is 29.0 Å². The van der Waals surface area contributed by atoms with Crippen molar-refractivity contribution in [3.63, 3.8) is 0 Å². The smallest absolute Gasteiger partial charge is 0.409 e. The molecular formula is C17H17ClFN3O7S2. The molecule has 0 bridgehead atoms. The van der Waals surface area contributed by atoms with Gasteiger partial charge in [0, 0.05) is 12.2 Å². The van der Waals surface area contributed by atoms with E-state index < -0.39 is 38.1 Å². The van der Waals surface area contributed by atoms with E-state index in [9.17, 15) is 26.0 Å². The zero-order valence-corrected chi connectivity index (χ0v) is 18.3. The molecule has 3 rings (SSSR count). The average Bonchev–Trinajstić information content (AvgIpc) is 2.65. The molecule has 14 heteroatoms. The molecule has 1 atom stereocenters. The van der Waals surface area contributed by atoms with E-state index in [1.807, 2.05) is 0 Å². The molecule has 1 amide bonds. The van der Waals surface area contributed by atoms with Crippen LogP contribution in [0.4, 0.5) is 20.6 Å². The lowest BCUT2D eigenvalue weighted by Crippen LogP contribution is -2.48. The van der Waals surface area contributed by atoms with Gasteiger partial charge in [-0.05, 0) is 36.4 Å². The summed E-state index contributed by atoms with van der Waals surface area (Å²) in [5, 5.41) is 11.0. The Bertz CT molecular complexity index is 1220. The molecule has 1 aliphatic heterocycles. The van der Waals surface area contributed by atoms with E-state index >= 15 is 0 Å². The number of benzene rings is 2. The van der Waals surface area contributed by atoms with E-state index in [0.717, 1.165) is 34.8 Å². The lowest BCUT2D eigenvalue weighted by Gasteiger charge is -2.36. The van der Waals surface area contributed by atoms with E-state index in [4.69, 9.17) is 21.4 Å². The van der Waals surface area contributed by atoms with Gasteiger partial charge in [-0.15, -0.1) is 0 Å². The number of carboxylic acid groups (broad SMARTS) is 1. The second-order valence-electron chi connectivity index (χ2n) is 6.59. The van der Waals surface area contributed by atoms with Crippen LogP contribution in [0.25, 0.3) is 0 Å². The predicted octanol–water partition coefficient (Wildman–Crippen LogP) is 2.07. The third-order valence-corrected chi connectivity index (χ3v) is 6.94. The summed E-state index contributed by atoms with van der Waals surface area (Å²) in [6.45, 7) is -0.568. The zero-order valence-electron chi connectivity index (χ0n) is 15.9. The summed E-state index contributed by atoms with van der Waals surface area (Å²) in [6, 6.07) is 6.55. The second kappa shape index (κ2) is 8.49. The molecule has 2 aromatic carbocycles. The number of anilines is 2. The Balaban J connectivity index is 2.10. The largest absolute Gasteiger partial charge is 0.483 e. The summed E-state index contributed by atoms with van der Waals surface area (Å²) in [5.74, 6) is -0.706. The maximum Gasteiger partial charge on any atom is 0.409 e. The first kappa shape index (κ1) is 23.1. The number of carbonyl (C=O) groups is 1.